The smallest absolute Gasteiger partial charge is 0.269 e. The third-order valence-electron chi connectivity index (χ3n) is 4.32. The molecule has 1 amide bonds. The van der Waals surface area contributed by atoms with Crippen molar-refractivity contribution < 1.29 is 9.72 Å². The number of nitrogens with zero attached hydrogens (tertiary/aromatic N) is 3. The second-order valence-electron chi connectivity index (χ2n) is 6.24. The highest BCUT2D eigenvalue weighted by Gasteiger charge is 2.11. The summed E-state index contributed by atoms with van der Waals surface area (Å²) in [6, 6.07) is 21.3. The molecule has 3 aromatic rings. The van der Waals surface area contributed by atoms with E-state index in [-0.39, 0.29) is 11.3 Å². The number of carbonyl (C=O) groups is 1. The van der Waals surface area contributed by atoms with E-state index in [9.17, 15) is 20.2 Å². The van der Waals surface area contributed by atoms with Gasteiger partial charge in [0.15, 0.2) is 0 Å². The summed E-state index contributed by atoms with van der Waals surface area (Å²) < 4.78 is 1.75. The number of nitro groups is 1. The van der Waals surface area contributed by atoms with Crippen molar-refractivity contribution in [2.75, 3.05) is 6.54 Å². The average molecular weight is 386 g/mol. The molecule has 0 aliphatic heterocycles. The monoisotopic (exact) mass is 386 g/mol. The SMILES string of the molecule is N#C/C(=C/c1cccn1-c1ccc([N+](=O)[O-])cc1)C(=O)NCCc1ccccc1. The van der Waals surface area contributed by atoms with Crippen LogP contribution >= 0.6 is 0 Å². The highest BCUT2D eigenvalue weighted by molar-refractivity contribution is 6.01. The third kappa shape index (κ3) is 4.96. The second kappa shape index (κ2) is 9.15. The lowest BCUT2D eigenvalue weighted by Crippen LogP contribution is -2.26. The van der Waals surface area contributed by atoms with E-state index >= 15 is 0 Å². The van der Waals surface area contributed by atoms with E-state index in [2.05, 4.69) is 5.32 Å². The Bertz CT molecular complexity index is 1080. The molecule has 1 N–H and O–H groups in total. The van der Waals surface area contributed by atoms with E-state index in [1.807, 2.05) is 36.4 Å². The fourth-order valence-corrected chi connectivity index (χ4v) is 2.84. The van der Waals surface area contributed by atoms with Gasteiger partial charge in [-0.15, -0.1) is 0 Å². The molecule has 7 nitrogen and oxygen atoms in total. The minimum atomic E-state index is -0.464. The number of amides is 1. The van der Waals surface area contributed by atoms with Crippen molar-refractivity contribution in [3.05, 3.63) is 99.9 Å². The van der Waals surface area contributed by atoms with Gasteiger partial charge in [-0.3, -0.25) is 14.9 Å². The Balaban J connectivity index is 1.72. The fraction of sp³-hybridized carbons (Fsp3) is 0.0909. The molecular weight excluding hydrogens is 368 g/mol. The summed E-state index contributed by atoms with van der Waals surface area (Å²) in [7, 11) is 0. The van der Waals surface area contributed by atoms with Crippen LogP contribution in [0.2, 0.25) is 0 Å². The molecule has 3 rings (SSSR count). The molecular formula is C22H18N4O3. The van der Waals surface area contributed by atoms with E-state index in [4.69, 9.17) is 0 Å². The van der Waals surface area contributed by atoms with E-state index in [1.54, 1.807) is 35.0 Å². The molecule has 1 aromatic heterocycles. The van der Waals surface area contributed by atoms with Crippen LogP contribution < -0.4 is 5.32 Å². The molecule has 1 heterocycles. The molecule has 0 radical (unpaired) electrons. The van der Waals surface area contributed by atoms with Crippen molar-refractivity contribution in [2.45, 2.75) is 6.42 Å². The lowest BCUT2D eigenvalue weighted by molar-refractivity contribution is -0.384. The zero-order valence-corrected chi connectivity index (χ0v) is 15.5. The van der Waals surface area contributed by atoms with Crippen molar-refractivity contribution in [1.29, 1.82) is 5.26 Å². The van der Waals surface area contributed by atoms with Crippen molar-refractivity contribution >= 4 is 17.7 Å². The van der Waals surface area contributed by atoms with Crippen LogP contribution in [0.25, 0.3) is 11.8 Å². The number of carbonyl (C=O) groups excluding carboxylic acids is 1. The normalized spacial score (nSPS) is 10.9. The van der Waals surface area contributed by atoms with Crippen LogP contribution in [0.1, 0.15) is 11.3 Å². The molecule has 0 saturated carbocycles. The van der Waals surface area contributed by atoms with Gasteiger partial charge in [-0.2, -0.15) is 5.26 Å². The Kier molecular flexibility index (Phi) is 6.18. The van der Waals surface area contributed by atoms with Gasteiger partial charge in [-0.1, -0.05) is 30.3 Å². The maximum atomic E-state index is 12.4. The minimum absolute atomic E-state index is 0.00601. The number of nitrogens with one attached hydrogen (secondary N) is 1. The molecule has 2 aromatic carbocycles. The number of nitro benzene ring substituents is 1. The molecule has 0 fully saturated rings. The number of hydrogen-bond acceptors (Lipinski definition) is 4. The highest BCUT2D eigenvalue weighted by Crippen LogP contribution is 2.19. The van der Waals surface area contributed by atoms with Crippen LogP contribution in [0.3, 0.4) is 0 Å². The zero-order chi connectivity index (χ0) is 20.6. The Labute approximate surface area is 167 Å². The largest absolute Gasteiger partial charge is 0.351 e. The summed E-state index contributed by atoms with van der Waals surface area (Å²) in [4.78, 5) is 22.7. The zero-order valence-electron chi connectivity index (χ0n) is 15.5. The van der Waals surface area contributed by atoms with Crippen LogP contribution in [0.5, 0.6) is 0 Å². The first-order chi connectivity index (χ1) is 14.1. The maximum absolute atomic E-state index is 12.4. The number of rotatable bonds is 7. The van der Waals surface area contributed by atoms with Gasteiger partial charge in [0.05, 0.1) is 4.92 Å². The molecule has 0 saturated heterocycles. The third-order valence-corrected chi connectivity index (χ3v) is 4.32. The molecule has 0 aliphatic rings. The van der Waals surface area contributed by atoms with Crippen molar-refractivity contribution in [3.8, 4) is 11.8 Å². The van der Waals surface area contributed by atoms with Crippen LogP contribution in [-0.4, -0.2) is 21.9 Å². The molecule has 0 aliphatic carbocycles. The summed E-state index contributed by atoms with van der Waals surface area (Å²) in [6.07, 6.45) is 3.93. The Hall–Kier alpha value is -4.18. The van der Waals surface area contributed by atoms with Crippen LogP contribution in [0.15, 0.2) is 78.5 Å². The summed E-state index contributed by atoms with van der Waals surface area (Å²) in [6.45, 7) is 0.422. The van der Waals surface area contributed by atoms with Gasteiger partial charge in [-0.25, -0.2) is 0 Å². The van der Waals surface area contributed by atoms with E-state index in [1.165, 1.54) is 18.2 Å². The van der Waals surface area contributed by atoms with Gasteiger partial charge in [0, 0.05) is 36.3 Å². The lowest BCUT2D eigenvalue weighted by Gasteiger charge is -2.08. The van der Waals surface area contributed by atoms with Crippen LogP contribution in [0, 0.1) is 21.4 Å². The molecule has 144 valence electrons. The van der Waals surface area contributed by atoms with Gasteiger partial charge in [0.25, 0.3) is 11.6 Å². The first-order valence-electron chi connectivity index (χ1n) is 8.94. The van der Waals surface area contributed by atoms with Crippen LogP contribution in [-0.2, 0) is 11.2 Å². The average Bonchev–Trinajstić information content (AvgIpc) is 3.21. The van der Waals surface area contributed by atoms with Gasteiger partial charge in [0.1, 0.15) is 11.6 Å². The van der Waals surface area contributed by atoms with Crippen molar-refractivity contribution in [3.63, 3.8) is 0 Å². The fourth-order valence-electron chi connectivity index (χ4n) is 2.84. The predicted octanol–water partition coefficient (Wildman–Crippen LogP) is 3.65. The Morgan fingerprint density at radius 2 is 1.83 bits per heavy atom. The topological polar surface area (TPSA) is 101 Å². The first kappa shape index (κ1) is 19.6. The molecule has 0 spiro atoms. The quantitative estimate of drug-likeness (QED) is 0.290. The Morgan fingerprint density at radius 3 is 2.48 bits per heavy atom. The van der Waals surface area contributed by atoms with Gasteiger partial charge in [-0.05, 0) is 42.3 Å². The molecule has 0 bridgehead atoms. The maximum Gasteiger partial charge on any atom is 0.269 e. The molecule has 29 heavy (non-hydrogen) atoms. The van der Waals surface area contributed by atoms with E-state index in [0.29, 0.717) is 24.3 Å². The van der Waals surface area contributed by atoms with Crippen LogP contribution in [0.4, 0.5) is 5.69 Å². The van der Waals surface area contributed by atoms with Gasteiger partial charge >= 0.3 is 0 Å². The summed E-state index contributed by atoms with van der Waals surface area (Å²) in [5, 5.41) is 23.0. The number of non-ortho nitro benzene ring substituents is 1. The predicted molar refractivity (Wildman–Crippen MR) is 109 cm³/mol. The number of nitriles is 1. The minimum Gasteiger partial charge on any atom is -0.351 e. The van der Waals surface area contributed by atoms with Crippen molar-refractivity contribution in [2.24, 2.45) is 0 Å². The molecule has 0 atom stereocenters. The summed E-state index contributed by atoms with van der Waals surface area (Å²) in [5.41, 5.74) is 2.39. The molecule has 7 heteroatoms. The molecule has 0 unspecified atom stereocenters. The summed E-state index contributed by atoms with van der Waals surface area (Å²) >= 11 is 0. The number of hydrogen-bond donors (Lipinski definition) is 1. The Morgan fingerprint density at radius 1 is 1.10 bits per heavy atom. The van der Waals surface area contributed by atoms with E-state index in [0.717, 1.165) is 5.56 Å². The number of aromatic nitrogens is 1. The highest BCUT2D eigenvalue weighted by atomic mass is 16.6. The standard InChI is InChI=1S/C22H18N4O3/c23-16-18(22(27)24-13-12-17-5-2-1-3-6-17)15-21-7-4-14-25(21)19-8-10-20(11-9-19)26(28)29/h1-11,14-15H,12-13H2,(H,24,27)/b18-15-. The number of benzene rings is 2. The van der Waals surface area contributed by atoms with Crippen molar-refractivity contribution in [1.82, 2.24) is 9.88 Å². The van der Waals surface area contributed by atoms with E-state index < -0.39 is 10.8 Å². The van der Waals surface area contributed by atoms with Gasteiger partial charge in [0.2, 0.25) is 0 Å². The lowest BCUT2D eigenvalue weighted by atomic mass is 10.1. The second-order valence-corrected chi connectivity index (χ2v) is 6.24. The first-order valence-corrected chi connectivity index (χ1v) is 8.94. The van der Waals surface area contributed by atoms with Gasteiger partial charge < -0.3 is 9.88 Å². The summed E-state index contributed by atoms with van der Waals surface area (Å²) in [5.74, 6) is -0.445.